The molecule has 0 fully saturated rings. The third-order valence-electron chi connectivity index (χ3n) is 4.22. The summed E-state index contributed by atoms with van der Waals surface area (Å²) in [5, 5.41) is 3.05. The summed E-state index contributed by atoms with van der Waals surface area (Å²) in [5.41, 5.74) is 11.6. The molecule has 2 aromatic rings. The molecule has 0 unspecified atom stereocenters. The maximum Gasteiger partial charge on any atom is 0.243 e. The zero-order valence-electron chi connectivity index (χ0n) is 14.3. The van der Waals surface area contributed by atoms with Crippen LogP contribution in [0.3, 0.4) is 0 Å². The zero-order valence-corrected chi connectivity index (χ0v) is 14.3. The first kappa shape index (κ1) is 16.2. The van der Waals surface area contributed by atoms with E-state index < -0.39 is 0 Å². The van der Waals surface area contributed by atoms with Crippen LogP contribution in [0.5, 0.6) is 5.75 Å². The molecule has 5 nitrogen and oxygen atoms in total. The van der Waals surface area contributed by atoms with Gasteiger partial charge in [-0.3, -0.25) is 4.79 Å². The Labute approximate surface area is 142 Å². The smallest absolute Gasteiger partial charge is 0.243 e. The average molecular weight is 325 g/mol. The monoisotopic (exact) mass is 325 g/mol. The Kier molecular flexibility index (Phi) is 4.34. The van der Waals surface area contributed by atoms with Gasteiger partial charge >= 0.3 is 0 Å². The highest BCUT2D eigenvalue weighted by atomic mass is 16.5. The van der Waals surface area contributed by atoms with Gasteiger partial charge in [0, 0.05) is 11.4 Å². The Morgan fingerprint density at radius 3 is 2.62 bits per heavy atom. The topological polar surface area (TPSA) is 67.6 Å². The summed E-state index contributed by atoms with van der Waals surface area (Å²) in [6, 6.07) is 9.66. The molecule has 0 saturated heterocycles. The molecule has 0 bridgehead atoms. The second-order valence-electron chi connectivity index (χ2n) is 6.32. The molecule has 3 rings (SSSR count). The van der Waals surface area contributed by atoms with Crippen LogP contribution in [0.4, 0.5) is 17.1 Å². The Morgan fingerprint density at radius 2 is 1.92 bits per heavy atom. The number of nitrogens with one attached hydrogen (secondary N) is 1. The number of hydrogen-bond donors (Lipinski definition) is 2. The van der Waals surface area contributed by atoms with Crippen LogP contribution in [0.15, 0.2) is 30.3 Å². The van der Waals surface area contributed by atoms with Crippen molar-refractivity contribution in [2.75, 3.05) is 35.6 Å². The van der Waals surface area contributed by atoms with E-state index in [4.69, 9.17) is 10.5 Å². The number of hydrogen-bond acceptors (Lipinski definition) is 4. The number of anilines is 3. The van der Waals surface area contributed by atoms with Crippen molar-refractivity contribution >= 4 is 23.0 Å². The van der Waals surface area contributed by atoms with Gasteiger partial charge in [-0.05, 0) is 50.1 Å². The number of nitrogen functional groups attached to an aromatic ring is 1. The molecule has 0 atom stereocenters. The zero-order chi connectivity index (χ0) is 17.3. The van der Waals surface area contributed by atoms with Gasteiger partial charge in [-0.1, -0.05) is 17.7 Å². The van der Waals surface area contributed by atoms with E-state index in [9.17, 15) is 4.79 Å². The van der Waals surface area contributed by atoms with Gasteiger partial charge in [-0.25, -0.2) is 0 Å². The first-order valence-corrected chi connectivity index (χ1v) is 8.09. The van der Waals surface area contributed by atoms with Gasteiger partial charge in [0.15, 0.2) is 0 Å². The number of carbonyl (C=O) groups is 1. The lowest BCUT2D eigenvalue weighted by molar-refractivity contribution is -0.115. The molecule has 0 radical (unpaired) electrons. The molecule has 0 aromatic heterocycles. The summed E-state index contributed by atoms with van der Waals surface area (Å²) in [7, 11) is 0. The predicted octanol–water partition coefficient (Wildman–Crippen LogP) is 3.03. The van der Waals surface area contributed by atoms with Gasteiger partial charge in [0.25, 0.3) is 0 Å². The van der Waals surface area contributed by atoms with E-state index in [0.717, 1.165) is 28.3 Å². The highest BCUT2D eigenvalue weighted by molar-refractivity contribution is 5.96. The number of ether oxygens (including phenoxy) is 1. The molecule has 0 spiro atoms. The first-order chi connectivity index (χ1) is 11.4. The molecular formula is C19H23N3O2. The van der Waals surface area contributed by atoms with E-state index >= 15 is 0 Å². The SMILES string of the molecule is Cc1cc(C)c(NC(=O)CN2CCOc3ccc(N)cc32)c(C)c1. The van der Waals surface area contributed by atoms with Crippen molar-refractivity contribution in [1.82, 2.24) is 0 Å². The van der Waals surface area contributed by atoms with E-state index in [1.807, 2.05) is 30.9 Å². The molecule has 0 aliphatic carbocycles. The third kappa shape index (κ3) is 3.30. The fourth-order valence-electron chi connectivity index (χ4n) is 3.18. The van der Waals surface area contributed by atoms with Crippen LogP contribution in [0.2, 0.25) is 0 Å². The summed E-state index contributed by atoms with van der Waals surface area (Å²) in [5.74, 6) is 0.728. The van der Waals surface area contributed by atoms with Crippen molar-refractivity contribution in [2.24, 2.45) is 0 Å². The minimum atomic E-state index is -0.0414. The number of rotatable bonds is 3. The van der Waals surface area contributed by atoms with Crippen LogP contribution >= 0.6 is 0 Å². The van der Waals surface area contributed by atoms with Crippen molar-refractivity contribution < 1.29 is 9.53 Å². The average Bonchev–Trinajstić information content (AvgIpc) is 2.51. The van der Waals surface area contributed by atoms with Gasteiger partial charge < -0.3 is 20.7 Å². The van der Waals surface area contributed by atoms with Gasteiger partial charge in [0.1, 0.15) is 12.4 Å². The number of nitrogens with two attached hydrogens (primary N) is 1. The van der Waals surface area contributed by atoms with Crippen molar-refractivity contribution in [3.63, 3.8) is 0 Å². The van der Waals surface area contributed by atoms with Crippen molar-refractivity contribution in [3.8, 4) is 5.75 Å². The number of nitrogens with zero attached hydrogens (tertiary/aromatic N) is 1. The fraction of sp³-hybridized carbons (Fsp3) is 0.316. The van der Waals surface area contributed by atoms with E-state index in [-0.39, 0.29) is 12.5 Å². The van der Waals surface area contributed by atoms with Crippen LogP contribution in [0, 0.1) is 20.8 Å². The summed E-state index contributed by atoms with van der Waals surface area (Å²) < 4.78 is 5.63. The Bertz CT molecular complexity index is 763. The molecule has 3 N–H and O–H groups in total. The predicted molar refractivity (Wildman–Crippen MR) is 97.8 cm³/mol. The van der Waals surface area contributed by atoms with Crippen LogP contribution in [0.25, 0.3) is 0 Å². The number of aryl methyl sites for hydroxylation is 3. The quantitative estimate of drug-likeness (QED) is 0.851. The summed E-state index contributed by atoms with van der Waals surface area (Å²) in [4.78, 5) is 14.5. The van der Waals surface area contributed by atoms with E-state index in [2.05, 4.69) is 24.4 Å². The van der Waals surface area contributed by atoms with Gasteiger partial charge in [-0.15, -0.1) is 0 Å². The molecule has 1 aliphatic rings. The lowest BCUT2D eigenvalue weighted by Gasteiger charge is -2.31. The number of carbonyl (C=O) groups excluding carboxylic acids is 1. The minimum absolute atomic E-state index is 0.0414. The summed E-state index contributed by atoms with van der Waals surface area (Å²) in [6.45, 7) is 7.58. The fourth-order valence-corrected chi connectivity index (χ4v) is 3.18. The van der Waals surface area contributed by atoms with Gasteiger partial charge in [0.05, 0.1) is 18.8 Å². The van der Waals surface area contributed by atoms with Gasteiger partial charge in [-0.2, -0.15) is 0 Å². The molecule has 1 heterocycles. The highest BCUT2D eigenvalue weighted by Crippen LogP contribution is 2.33. The van der Waals surface area contributed by atoms with Gasteiger partial charge in [0.2, 0.25) is 5.91 Å². The Balaban J connectivity index is 1.76. The molecule has 1 aliphatic heterocycles. The van der Waals surface area contributed by atoms with E-state index in [0.29, 0.717) is 18.8 Å². The number of benzene rings is 2. The maximum atomic E-state index is 12.5. The molecule has 24 heavy (non-hydrogen) atoms. The normalized spacial score (nSPS) is 13.2. The second-order valence-corrected chi connectivity index (χ2v) is 6.32. The van der Waals surface area contributed by atoms with Crippen molar-refractivity contribution in [3.05, 3.63) is 47.0 Å². The van der Waals surface area contributed by atoms with Crippen LogP contribution in [-0.4, -0.2) is 25.6 Å². The summed E-state index contributed by atoms with van der Waals surface area (Å²) >= 11 is 0. The van der Waals surface area contributed by atoms with Crippen molar-refractivity contribution in [2.45, 2.75) is 20.8 Å². The minimum Gasteiger partial charge on any atom is -0.490 e. The molecule has 0 saturated carbocycles. The van der Waals surface area contributed by atoms with E-state index in [1.54, 1.807) is 6.07 Å². The first-order valence-electron chi connectivity index (χ1n) is 8.09. The lowest BCUT2D eigenvalue weighted by Crippen LogP contribution is -2.39. The second kappa shape index (κ2) is 6.43. The lowest BCUT2D eigenvalue weighted by atomic mass is 10.1. The number of amides is 1. The van der Waals surface area contributed by atoms with Crippen LogP contribution in [0.1, 0.15) is 16.7 Å². The highest BCUT2D eigenvalue weighted by Gasteiger charge is 2.21. The van der Waals surface area contributed by atoms with Crippen LogP contribution < -0.4 is 20.7 Å². The Hall–Kier alpha value is -2.69. The standard InChI is InChI=1S/C19H23N3O2/c1-12-8-13(2)19(14(3)9-12)21-18(23)11-22-6-7-24-17-5-4-15(20)10-16(17)22/h4-5,8-10H,6-7,11,20H2,1-3H3,(H,21,23). The third-order valence-corrected chi connectivity index (χ3v) is 4.22. The largest absolute Gasteiger partial charge is 0.490 e. The number of fused-ring (bicyclic) bond motifs is 1. The molecular weight excluding hydrogens is 302 g/mol. The van der Waals surface area contributed by atoms with E-state index in [1.165, 1.54) is 5.56 Å². The Morgan fingerprint density at radius 1 is 1.21 bits per heavy atom. The molecule has 126 valence electrons. The van der Waals surface area contributed by atoms with Crippen LogP contribution in [-0.2, 0) is 4.79 Å². The maximum absolute atomic E-state index is 12.5. The van der Waals surface area contributed by atoms with Crippen molar-refractivity contribution in [1.29, 1.82) is 0 Å². The molecule has 5 heteroatoms. The molecule has 2 aromatic carbocycles. The summed E-state index contributed by atoms with van der Waals surface area (Å²) in [6.07, 6.45) is 0. The molecule has 1 amide bonds.